The van der Waals surface area contributed by atoms with E-state index in [1.165, 1.54) is 18.2 Å². The Kier molecular flexibility index (Phi) is 5.02. The highest BCUT2D eigenvalue weighted by molar-refractivity contribution is 6.69. The van der Waals surface area contributed by atoms with Gasteiger partial charge < -0.3 is 4.74 Å². The topological polar surface area (TPSA) is 55.4 Å². The Balaban J connectivity index is 2.75. The summed E-state index contributed by atoms with van der Waals surface area (Å²) < 4.78 is 39.3. The van der Waals surface area contributed by atoms with Crippen molar-refractivity contribution < 1.29 is 27.5 Å². The van der Waals surface area contributed by atoms with Crippen LogP contribution in [0.1, 0.15) is 10.4 Å². The van der Waals surface area contributed by atoms with Crippen molar-refractivity contribution in [3.8, 4) is 0 Å². The van der Waals surface area contributed by atoms with Crippen molar-refractivity contribution in [1.29, 1.82) is 0 Å². The van der Waals surface area contributed by atoms with Gasteiger partial charge in [0.05, 0.1) is 16.3 Å². The molecule has 0 heterocycles. The van der Waals surface area contributed by atoms with Crippen molar-refractivity contribution in [3.05, 3.63) is 28.8 Å². The number of rotatable bonds is 3. The molecule has 0 aromatic heterocycles. The highest BCUT2D eigenvalue weighted by Gasteiger charge is 2.29. The summed E-state index contributed by atoms with van der Waals surface area (Å²) in [6, 6.07) is 3.92. The first-order valence-corrected chi connectivity index (χ1v) is 5.45. The van der Waals surface area contributed by atoms with Crippen LogP contribution < -0.4 is 5.32 Å². The Labute approximate surface area is 115 Å². The number of ether oxygens (including phenoxy) is 1. The molecular formula is C10H6Cl2F3NO3. The highest BCUT2D eigenvalue weighted by Crippen LogP contribution is 2.27. The molecule has 0 atom stereocenters. The molecule has 0 bridgehead atoms. The normalized spacial score (nSPS) is 11.0. The average molecular weight is 316 g/mol. The first kappa shape index (κ1) is 15.6. The quantitative estimate of drug-likeness (QED) is 0.862. The second-order valence-corrected chi connectivity index (χ2v) is 3.98. The maximum absolute atomic E-state index is 11.8. The molecule has 104 valence electrons. The van der Waals surface area contributed by atoms with Crippen molar-refractivity contribution in [3.63, 3.8) is 0 Å². The maximum Gasteiger partial charge on any atom is 0.422 e. The van der Waals surface area contributed by atoms with Crippen molar-refractivity contribution in [1.82, 2.24) is 0 Å². The zero-order valence-electron chi connectivity index (χ0n) is 9.05. The lowest BCUT2D eigenvalue weighted by Gasteiger charge is -2.11. The molecule has 1 aromatic carbocycles. The third-order valence-corrected chi connectivity index (χ3v) is 2.42. The number of carbonyl (C=O) groups excluding carboxylic acids is 2. The third kappa shape index (κ3) is 4.96. The molecule has 0 spiro atoms. The van der Waals surface area contributed by atoms with Crippen molar-refractivity contribution in [2.45, 2.75) is 6.18 Å². The number of halogens is 5. The summed E-state index contributed by atoms with van der Waals surface area (Å²) in [4.78, 5) is 22.0. The molecule has 0 saturated carbocycles. The van der Waals surface area contributed by atoms with E-state index in [0.29, 0.717) is 0 Å². The average Bonchev–Trinajstić information content (AvgIpc) is 2.28. The van der Waals surface area contributed by atoms with Crippen molar-refractivity contribution in [2.75, 3.05) is 11.9 Å². The molecule has 0 saturated heterocycles. The van der Waals surface area contributed by atoms with E-state index >= 15 is 0 Å². The predicted octanol–water partition coefficient (Wildman–Crippen LogP) is 3.83. The molecule has 1 rings (SSSR count). The lowest BCUT2D eigenvalue weighted by Crippen LogP contribution is -2.23. The molecule has 0 aliphatic carbocycles. The molecule has 9 heteroatoms. The minimum atomic E-state index is -4.63. The van der Waals surface area contributed by atoms with E-state index in [1.54, 1.807) is 0 Å². The second kappa shape index (κ2) is 6.12. The molecule has 1 N–H and O–H groups in total. The Bertz CT molecular complexity index is 505. The summed E-state index contributed by atoms with van der Waals surface area (Å²) >= 11 is 11.0. The largest absolute Gasteiger partial charge is 0.440 e. The smallest absolute Gasteiger partial charge is 0.422 e. The van der Waals surface area contributed by atoms with Gasteiger partial charge in [-0.15, -0.1) is 0 Å². The lowest BCUT2D eigenvalue weighted by molar-refractivity contribution is -0.159. The van der Waals surface area contributed by atoms with Crippen LogP contribution >= 0.6 is 23.2 Å². The summed E-state index contributed by atoms with van der Waals surface area (Å²) in [5.41, 5.74) is -0.169. The van der Waals surface area contributed by atoms with Gasteiger partial charge in [-0.3, -0.25) is 10.1 Å². The number of hydrogen-bond acceptors (Lipinski definition) is 3. The van der Waals surface area contributed by atoms with Gasteiger partial charge in [0.2, 0.25) is 0 Å². The van der Waals surface area contributed by atoms with E-state index in [0.717, 1.165) is 0 Å². The van der Waals surface area contributed by atoms with Crippen LogP contribution in [0.2, 0.25) is 5.02 Å². The zero-order chi connectivity index (χ0) is 14.6. The molecule has 0 aliphatic heterocycles. The van der Waals surface area contributed by atoms with Gasteiger partial charge >= 0.3 is 12.3 Å². The van der Waals surface area contributed by atoms with Gasteiger partial charge in [-0.1, -0.05) is 17.7 Å². The minimum Gasteiger partial charge on any atom is -0.440 e. The van der Waals surface area contributed by atoms with E-state index in [1.807, 2.05) is 5.32 Å². The number of benzene rings is 1. The highest BCUT2D eigenvalue weighted by atomic mass is 35.5. The molecule has 0 radical (unpaired) electrons. The number of hydrogen-bond donors (Lipinski definition) is 1. The second-order valence-electron chi connectivity index (χ2n) is 3.26. The van der Waals surface area contributed by atoms with Gasteiger partial charge in [-0.05, 0) is 23.7 Å². The van der Waals surface area contributed by atoms with Crippen LogP contribution in [0, 0.1) is 0 Å². The Morgan fingerprint density at radius 3 is 2.47 bits per heavy atom. The molecule has 1 amide bonds. The summed E-state index contributed by atoms with van der Waals surface area (Å²) in [5.74, 6) is 0. The van der Waals surface area contributed by atoms with Gasteiger partial charge in [0.15, 0.2) is 6.61 Å². The van der Waals surface area contributed by atoms with E-state index in [4.69, 9.17) is 23.2 Å². The van der Waals surface area contributed by atoms with Crippen LogP contribution in [-0.2, 0) is 4.74 Å². The van der Waals surface area contributed by atoms with Crippen LogP contribution in [0.4, 0.5) is 23.7 Å². The number of amides is 1. The molecule has 0 aliphatic rings. The van der Waals surface area contributed by atoms with Crippen LogP contribution in [0.25, 0.3) is 0 Å². The fourth-order valence-electron chi connectivity index (χ4n) is 1.07. The molecule has 1 aromatic rings. The summed E-state index contributed by atoms with van der Waals surface area (Å²) in [6.45, 7) is -1.73. The number of alkyl halides is 3. The number of carbonyl (C=O) groups is 2. The molecule has 0 fully saturated rings. The van der Waals surface area contributed by atoms with Crippen LogP contribution in [0.5, 0.6) is 0 Å². The Hall–Kier alpha value is -1.47. The standard InChI is InChI=1S/C10H6Cl2F3NO3/c11-7-5(8(12)17)2-1-3-6(7)16-9(18)19-4-10(13,14)15/h1-3H,4H2,(H,16,18). The SMILES string of the molecule is O=C(Nc1cccc(C(=O)Cl)c1Cl)OCC(F)(F)F. The fourth-order valence-corrected chi connectivity index (χ4v) is 1.54. The van der Waals surface area contributed by atoms with E-state index in [-0.39, 0.29) is 16.3 Å². The monoisotopic (exact) mass is 315 g/mol. The first-order valence-electron chi connectivity index (χ1n) is 4.69. The van der Waals surface area contributed by atoms with Crippen molar-refractivity contribution in [2.24, 2.45) is 0 Å². The van der Waals surface area contributed by atoms with Crippen LogP contribution in [0.3, 0.4) is 0 Å². The molecule has 0 unspecified atom stereocenters. The zero-order valence-corrected chi connectivity index (χ0v) is 10.6. The summed E-state index contributed by atoms with van der Waals surface area (Å²) in [6.07, 6.45) is -5.98. The Morgan fingerprint density at radius 1 is 1.32 bits per heavy atom. The Morgan fingerprint density at radius 2 is 1.95 bits per heavy atom. The number of nitrogens with one attached hydrogen (secondary N) is 1. The molecule has 4 nitrogen and oxygen atoms in total. The van der Waals surface area contributed by atoms with Gasteiger partial charge in [-0.2, -0.15) is 13.2 Å². The van der Waals surface area contributed by atoms with Gasteiger partial charge in [0, 0.05) is 0 Å². The number of anilines is 1. The van der Waals surface area contributed by atoms with Gasteiger partial charge in [0.1, 0.15) is 0 Å². The van der Waals surface area contributed by atoms with Crippen molar-refractivity contribution >= 4 is 40.2 Å². The van der Waals surface area contributed by atoms with Gasteiger partial charge in [0.25, 0.3) is 5.24 Å². The predicted molar refractivity (Wildman–Crippen MR) is 62.7 cm³/mol. The first-order chi connectivity index (χ1) is 8.70. The molecule has 19 heavy (non-hydrogen) atoms. The lowest BCUT2D eigenvalue weighted by atomic mass is 10.2. The third-order valence-electron chi connectivity index (χ3n) is 1.81. The maximum atomic E-state index is 11.8. The summed E-state index contributed by atoms with van der Waals surface area (Å²) in [5, 5.41) is 0.922. The summed E-state index contributed by atoms with van der Waals surface area (Å²) in [7, 11) is 0. The van der Waals surface area contributed by atoms with Crippen LogP contribution in [0.15, 0.2) is 18.2 Å². The van der Waals surface area contributed by atoms with E-state index in [2.05, 4.69) is 4.74 Å². The fraction of sp³-hybridized carbons (Fsp3) is 0.200. The molecular weight excluding hydrogens is 310 g/mol. The van der Waals surface area contributed by atoms with Gasteiger partial charge in [-0.25, -0.2) is 4.79 Å². The van der Waals surface area contributed by atoms with E-state index in [9.17, 15) is 22.8 Å². The minimum absolute atomic E-state index is 0.0830. The van der Waals surface area contributed by atoms with Crippen LogP contribution in [-0.4, -0.2) is 24.1 Å². The van der Waals surface area contributed by atoms with E-state index < -0.39 is 24.1 Å².